The number of cyclic esters (lactones) is 2. The van der Waals surface area contributed by atoms with E-state index in [1.165, 1.54) is 51.4 Å². The number of ether oxygens (including phenoxy) is 1. The van der Waals surface area contributed by atoms with Gasteiger partial charge in [0.05, 0.1) is 12.3 Å². The summed E-state index contributed by atoms with van der Waals surface area (Å²) in [6.07, 6.45) is 15.5. The van der Waals surface area contributed by atoms with Gasteiger partial charge in [-0.05, 0) is 12.8 Å². The molecule has 140 valence electrons. The summed E-state index contributed by atoms with van der Waals surface area (Å²) in [7, 11) is -4.64. The summed E-state index contributed by atoms with van der Waals surface area (Å²) in [5.41, 5.74) is 0. The van der Waals surface area contributed by atoms with Gasteiger partial charge in [-0.1, -0.05) is 64.0 Å². The van der Waals surface area contributed by atoms with Gasteiger partial charge in [0, 0.05) is 0 Å². The van der Waals surface area contributed by atoms with E-state index < -0.39 is 19.8 Å². The zero-order valence-electron chi connectivity index (χ0n) is 14.2. The zero-order valence-corrected chi connectivity index (χ0v) is 15.1. The Morgan fingerprint density at radius 1 is 1.04 bits per heavy atom. The van der Waals surface area contributed by atoms with Gasteiger partial charge >= 0.3 is 19.8 Å². The summed E-state index contributed by atoms with van der Waals surface area (Å²) in [6, 6.07) is 0. The maximum atomic E-state index is 11.2. The summed E-state index contributed by atoms with van der Waals surface area (Å²) in [6.45, 7) is 2.24. The van der Waals surface area contributed by atoms with Gasteiger partial charge < -0.3 is 19.4 Å². The molecular formula is C16H29O7P. The topological polar surface area (TPSA) is 121 Å². The highest BCUT2D eigenvalue weighted by Crippen LogP contribution is 2.25. The van der Waals surface area contributed by atoms with Crippen LogP contribution in [0.3, 0.4) is 0 Å². The first kappa shape index (κ1) is 23.0. The fourth-order valence-corrected chi connectivity index (χ4v) is 2.30. The molecule has 0 amide bonds. The number of carbonyl (C=O) groups is 2. The molecule has 0 aromatic heterocycles. The van der Waals surface area contributed by atoms with E-state index in [4.69, 9.17) is 19.2 Å². The van der Waals surface area contributed by atoms with Crippen LogP contribution in [0.2, 0.25) is 0 Å². The summed E-state index contributed by atoms with van der Waals surface area (Å²) in [4.78, 5) is 43.6. The van der Waals surface area contributed by atoms with Gasteiger partial charge in [-0.2, -0.15) is 0 Å². The second-order valence-electron chi connectivity index (χ2n) is 5.81. The number of unbranched alkanes of at least 4 members (excludes halogenated alkanes) is 8. The van der Waals surface area contributed by atoms with Crippen LogP contribution in [-0.4, -0.2) is 26.6 Å². The summed E-state index contributed by atoms with van der Waals surface area (Å²) in [5, 5.41) is 0. The molecule has 8 heteroatoms. The quantitative estimate of drug-likeness (QED) is 0.179. The highest BCUT2D eigenvalue weighted by Gasteiger charge is 2.30. The number of esters is 2. The van der Waals surface area contributed by atoms with Crippen molar-refractivity contribution in [2.45, 2.75) is 71.1 Å². The monoisotopic (exact) mass is 364 g/mol. The Kier molecular flexibility index (Phi) is 12.7. The molecule has 3 N–H and O–H groups in total. The van der Waals surface area contributed by atoms with Crippen LogP contribution in [0.5, 0.6) is 0 Å². The van der Waals surface area contributed by atoms with Crippen LogP contribution in [0.1, 0.15) is 71.1 Å². The molecule has 1 saturated heterocycles. The van der Waals surface area contributed by atoms with E-state index in [0.717, 1.165) is 6.42 Å². The average Bonchev–Trinajstić information content (AvgIpc) is 2.77. The van der Waals surface area contributed by atoms with Gasteiger partial charge in [0.1, 0.15) is 0 Å². The maximum Gasteiger partial charge on any atom is 0.466 e. The molecule has 1 unspecified atom stereocenters. The largest absolute Gasteiger partial charge is 0.466 e. The van der Waals surface area contributed by atoms with Crippen LogP contribution >= 0.6 is 7.82 Å². The smallest absolute Gasteiger partial charge is 0.393 e. The molecule has 0 spiro atoms. The third-order valence-corrected chi connectivity index (χ3v) is 3.50. The van der Waals surface area contributed by atoms with Gasteiger partial charge in [-0.3, -0.25) is 9.59 Å². The lowest BCUT2D eigenvalue weighted by Crippen LogP contribution is -2.03. The molecule has 0 aromatic carbocycles. The molecule has 0 aromatic rings. The Bertz CT molecular complexity index is 433. The van der Waals surface area contributed by atoms with E-state index in [1.54, 1.807) is 0 Å². The molecular weight excluding hydrogens is 335 g/mol. The first-order chi connectivity index (χ1) is 11.2. The van der Waals surface area contributed by atoms with Gasteiger partial charge in [0.15, 0.2) is 0 Å². The number of phosphoric acid groups is 1. The van der Waals surface area contributed by atoms with E-state index in [2.05, 4.69) is 11.7 Å². The minimum atomic E-state index is -4.64. The van der Waals surface area contributed by atoms with E-state index in [9.17, 15) is 9.59 Å². The lowest BCUT2D eigenvalue weighted by atomic mass is 10.0. The van der Waals surface area contributed by atoms with Gasteiger partial charge in [-0.15, -0.1) is 0 Å². The van der Waals surface area contributed by atoms with Crippen molar-refractivity contribution >= 4 is 19.8 Å². The summed E-state index contributed by atoms with van der Waals surface area (Å²) < 4.78 is 13.4. The molecule has 24 heavy (non-hydrogen) atoms. The van der Waals surface area contributed by atoms with Crippen LogP contribution < -0.4 is 0 Å². The summed E-state index contributed by atoms with van der Waals surface area (Å²) >= 11 is 0. The van der Waals surface area contributed by atoms with Gasteiger partial charge in [0.25, 0.3) is 0 Å². The van der Waals surface area contributed by atoms with Gasteiger partial charge in [0.2, 0.25) is 0 Å². The van der Waals surface area contributed by atoms with Crippen molar-refractivity contribution in [1.82, 2.24) is 0 Å². The van der Waals surface area contributed by atoms with Crippen LogP contribution in [-0.2, 0) is 18.9 Å². The van der Waals surface area contributed by atoms with Crippen molar-refractivity contribution < 1.29 is 33.6 Å². The molecule has 1 aliphatic rings. The molecule has 1 rings (SSSR count). The molecule has 0 saturated carbocycles. The lowest BCUT2D eigenvalue weighted by molar-refractivity contribution is -0.152. The third kappa shape index (κ3) is 15.9. The maximum absolute atomic E-state index is 11.2. The van der Waals surface area contributed by atoms with E-state index >= 15 is 0 Å². The molecule has 1 atom stereocenters. The first-order valence-electron chi connectivity index (χ1n) is 8.43. The van der Waals surface area contributed by atoms with E-state index in [0.29, 0.717) is 0 Å². The molecule has 1 fully saturated rings. The molecule has 0 aliphatic carbocycles. The predicted molar refractivity (Wildman–Crippen MR) is 89.8 cm³/mol. The van der Waals surface area contributed by atoms with Crippen molar-refractivity contribution in [3.63, 3.8) is 0 Å². The highest BCUT2D eigenvalue weighted by molar-refractivity contribution is 7.45. The fraction of sp³-hybridized carbons (Fsp3) is 0.750. The van der Waals surface area contributed by atoms with Crippen molar-refractivity contribution in [3.8, 4) is 0 Å². The molecule has 1 aliphatic heterocycles. The molecule has 1 heterocycles. The highest BCUT2D eigenvalue weighted by atomic mass is 31.2. The molecule has 0 radical (unpaired) electrons. The van der Waals surface area contributed by atoms with Crippen molar-refractivity contribution in [2.24, 2.45) is 5.92 Å². The molecule has 7 nitrogen and oxygen atoms in total. The lowest BCUT2D eigenvalue weighted by Gasteiger charge is -2.00. The normalized spacial score (nSPS) is 17.8. The van der Waals surface area contributed by atoms with Crippen LogP contribution in [0, 0.1) is 5.92 Å². The SMILES string of the molecule is CCCCCCCCCCC=CC1CC(=O)OC1=O.O=P(O)(O)O. The third-order valence-electron chi connectivity index (χ3n) is 3.50. The number of hydrogen-bond donors (Lipinski definition) is 3. The first-order valence-corrected chi connectivity index (χ1v) is 10.00. The second-order valence-corrected chi connectivity index (χ2v) is 6.84. The standard InChI is InChI=1S/C16H26O3.H3O4P/c1-2-3-4-5-6-7-8-9-10-11-12-14-13-15(17)19-16(14)18;1-5(2,3)4/h11-12,14H,2-10,13H2,1H3;(H3,1,2,3,4). The molecule has 0 bridgehead atoms. The number of hydrogen-bond acceptors (Lipinski definition) is 4. The predicted octanol–water partition coefficient (Wildman–Crippen LogP) is 3.23. The average molecular weight is 364 g/mol. The van der Waals surface area contributed by atoms with Crippen LogP contribution in [0.15, 0.2) is 12.2 Å². The van der Waals surface area contributed by atoms with Crippen LogP contribution in [0.4, 0.5) is 0 Å². The van der Waals surface area contributed by atoms with Crippen LogP contribution in [0.25, 0.3) is 0 Å². The Hall–Kier alpha value is -1.01. The zero-order chi connectivity index (χ0) is 18.4. The number of carbonyl (C=O) groups excluding carboxylic acids is 2. The minimum absolute atomic E-state index is 0.215. The van der Waals surface area contributed by atoms with E-state index in [-0.39, 0.29) is 12.3 Å². The Morgan fingerprint density at radius 3 is 2.00 bits per heavy atom. The number of allylic oxidation sites excluding steroid dienone is 1. The van der Waals surface area contributed by atoms with Crippen molar-refractivity contribution in [3.05, 3.63) is 12.2 Å². The Morgan fingerprint density at radius 2 is 1.54 bits per heavy atom. The summed E-state index contributed by atoms with van der Waals surface area (Å²) in [5.74, 6) is -1.12. The van der Waals surface area contributed by atoms with Crippen molar-refractivity contribution in [2.75, 3.05) is 0 Å². The Labute approximate surface area is 143 Å². The Balaban J connectivity index is 0.000000922. The minimum Gasteiger partial charge on any atom is -0.393 e. The second kappa shape index (κ2) is 13.3. The fourth-order valence-electron chi connectivity index (χ4n) is 2.30. The van der Waals surface area contributed by atoms with Crippen molar-refractivity contribution in [1.29, 1.82) is 0 Å². The van der Waals surface area contributed by atoms with Gasteiger partial charge in [-0.25, -0.2) is 4.57 Å². The van der Waals surface area contributed by atoms with E-state index in [1.807, 2.05) is 12.2 Å². The number of rotatable bonds is 10.